The van der Waals surface area contributed by atoms with Crippen molar-refractivity contribution in [1.29, 1.82) is 0 Å². The molecule has 3 rings (SSSR count). The highest BCUT2D eigenvalue weighted by Gasteiger charge is 2.36. The SMILES string of the molecule is COC(=O)c1cnn2c(C(F)(F)F)cc(-c3cn(C)nc3C)nc12. The Morgan fingerprint density at radius 2 is 2.04 bits per heavy atom. The van der Waals surface area contributed by atoms with Gasteiger partial charge >= 0.3 is 12.1 Å². The molecular weight excluding hydrogens is 327 g/mol. The molecule has 126 valence electrons. The molecule has 0 amide bonds. The number of alkyl halides is 3. The molecule has 10 heteroatoms. The molecule has 0 atom stereocenters. The molecule has 3 aromatic rings. The second-order valence-corrected chi connectivity index (χ2v) is 5.11. The van der Waals surface area contributed by atoms with E-state index in [4.69, 9.17) is 0 Å². The first kappa shape index (κ1) is 16.0. The normalized spacial score (nSPS) is 11.9. The van der Waals surface area contributed by atoms with E-state index in [1.165, 1.54) is 4.68 Å². The number of aryl methyl sites for hydroxylation is 2. The lowest BCUT2D eigenvalue weighted by molar-refractivity contribution is -0.142. The summed E-state index contributed by atoms with van der Waals surface area (Å²) in [7, 11) is 2.78. The molecule has 0 radical (unpaired) electrons. The Morgan fingerprint density at radius 3 is 2.58 bits per heavy atom. The van der Waals surface area contributed by atoms with E-state index in [-0.39, 0.29) is 16.9 Å². The molecule has 0 aliphatic carbocycles. The van der Waals surface area contributed by atoms with Gasteiger partial charge in [0.2, 0.25) is 0 Å². The molecule has 3 aromatic heterocycles. The van der Waals surface area contributed by atoms with Crippen molar-refractivity contribution in [2.24, 2.45) is 7.05 Å². The summed E-state index contributed by atoms with van der Waals surface area (Å²) in [5.74, 6) is -0.814. The molecule has 3 heterocycles. The van der Waals surface area contributed by atoms with Gasteiger partial charge in [0, 0.05) is 18.8 Å². The van der Waals surface area contributed by atoms with Crippen molar-refractivity contribution in [2.45, 2.75) is 13.1 Å². The Labute approximate surface area is 133 Å². The van der Waals surface area contributed by atoms with E-state index in [1.807, 2.05) is 0 Å². The average Bonchev–Trinajstić information content (AvgIpc) is 3.07. The second-order valence-electron chi connectivity index (χ2n) is 5.11. The first-order valence-electron chi connectivity index (χ1n) is 6.77. The van der Waals surface area contributed by atoms with Crippen molar-refractivity contribution in [2.75, 3.05) is 7.11 Å². The highest BCUT2D eigenvalue weighted by molar-refractivity contribution is 5.95. The maximum Gasteiger partial charge on any atom is 0.433 e. The third-order valence-corrected chi connectivity index (χ3v) is 3.46. The highest BCUT2D eigenvalue weighted by atomic mass is 19.4. The van der Waals surface area contributed by atoms with Gasteiger partial charge < -0.3 is 4.74 Å². The summed E-state index contributed by atoms with van der Waals surface area (Å²) in [4.78, 5) is 15.9. The lowest BCUT2D eigenvalue weighted by Gasteiger charge is -2.11. The molecule has 0 aromatic carbocycles. The van der Waals surface area contributed by atoms with E-state index >= 15 is 0 Å². The number of carbonyl (C=O) groups excluding carboxylic acids is 1. The Balaban J connectivity index is 2.35. The standard InChI is InChI=1S/C14H12F3N5O2/c1-7-9(6-21(2)20-7)10-4-11(14(15,16)17)22-12(19-10)8(5-18-22)13(23)24-3/h4-6H,1-3H3. The van der Waals surface area contributed by atoms with E-state index in [0.29, 0.717) is 15.8 Å². The number of ether oxygens (including phenoxy) is 1. The molecular formula is C14H12F3N5O2. The number of carbonyl (C=O) groups is 1. The Hall–Kier alpha value is -2.91. The molecule has 0 bridgehead atoms. The van der Waals surface area contributed by atoms with Gasteiger partial charge in [0.1, 0.15) is 5.56 Å². The summed E-state index contributed by atoms with van der Waals surface area (Å²) >= 11 is 0. The minimum Gasteiger partial charge on any atom is -0.465 e. The lowest BCUT2D eigenvalue weighted by atomic mass is 10.1. The molecule has 0 N–H and O–H groups in total. The number of hydrogen-bond donors (Lipinski definition) is 0. The van der Waals surface area contributed by atoms with Crippen molar-refractivity contribution in [3.05, 3.63) is 35.4 Å². The summed E-state index contributed by atoms with van der Waals surface area (Å²) in [5.41, 5.74) is -0.419. The molecule has 0 aliphatic rings. The Bertz CT molecular complexity index is 942. The van der Waals surface area contributed by atoms with Crippen LogP contribution >= 0.6 is 0 Å². The first-order chi connectivity index (χ1) is 11.2. The number of aromatic nitrogens is 5. The number of nitrogens with zero attached hydrogens (tertiary/aromatic N) is 5. The third-order valence-electron chi connectivity index (χ3n) is 3.46. The zero-order valence-electron chi connectivity index (χ0n) is 12.9. The maximum atomic E-state index is 13.4. The van der Waals surface area contributed by atoms with Gasteiger partial charge in [-0.05, 0) is 13.0 Å². The van der Waals surface area contributed by atoms with Gasteiger partial charge in [-0.2, -0.15) is 23.4 Å². The molecule has 24 heavy (non-hydrogen) atoms. The number of fused-ring (bicyclic) bond motifs is 1. The number of halogens is 3. The topological polar surface area (TPSA) is 74.3 Å². The van der Waals surface area contributed by atoms with Crippen LogP contribution in [0.15, 0.2) is 18.5 Å². The summed E-state index contributed by atoms with van der Waals surface area (Å²) in [6, 6.07) is 0.880. The smallest absolute Gasteiger partial charge is 0.433 e. The van der Waals surface area contributed by atoms with Gasteiger partial charge in [0.05, 0.1) is 24.7 Å². The molecule has 0 saturated heterocycles. The van der Waals surface area contributed by atoms with Crippen molar-refractivity contribution in [3.8, 4) is 11.3 Å². The molecule has 0 aliphatic heterocycles. The summed E-state index contributed by atoms with van der Waals surface area (Å²) in [6.45, 7) is 1.66. The van der Waals surface area contributed by atoms with Gasteiger partial charge in [-0.3, -0.25) is 4.68 Å². The summed E-state index contributed by atoms with van der Waals surface area (Å²) < 4.78 is 46.8. The first-order valence-corrected chi connectivity index (χ1v) is 6.77. The number of methoxy groups -OCH3 is 1. The maximum absolute atomic E-state index is 13.4. The van der Waals surface area contributed by atoms with Crippen LogP contribution in [-0.2, 0) is 18.0 Å². The Kier molecular flexibility index (Phi) is 3.54. The number of esters is 1. The largest absolute Gasteiger partial charge is 0.465 e. The van der Waals surface area contributed by atoms with E-state index in [0.717, 1.165) is 19.4 Å². The molecule has 0 saturated carbocycles. The molecule has 0 unspecified atom stereocenters. The second kappa shape index (κ2) is 5.32. The fourth-order valence-corrected chi connectivity index (χ4v) is 2.41. The quantitative estimate of drug-likeness (QED) is 0.670. The summed E-state index contributed by atoms with van der Waals surface area (Å²) in [6.07, 6.45) is -2.11. The number of hydrogen-bond acceptors (Lipinski definition) is 5. The van der Waals surface area contributed by atoms with Crippen LogP contribution in [0.2, 0.25) is 0 Å². The molecule has 0 spiro atoms. The van der Waals surface area contributed by atoms with Gasteiger partial charge in [-0.15, -0.1) is 0 Å². The van der Waals surface area contributed by atoms with Crippen LogP contribution in [0, 0.1) is 6.92 Å². The minimum absolute atomic E-state index is 0.0473. The fourth-order valence-electron chi connectivity index (χ4n) is 2.41. The van der Waals surface area contributed by atoms with Gasteiger partial charge in [0.15, 0.2) is 11.3 Å². The van der Waals surface area contributed by atoms with Gasteiger partial charge in [0.25, 0.3) is 0 Å². The minimum atomic E-state index is -4.68. The number of rotatable bonds is 2. The molecule has 7 nitrogen and oxygen atoms in total. The van der Waals surface area contributed by atoms with E-state index in [9.17, 15) is 18.0 Å². The molecule has 0 fully saturated rings. The van der Waals surface area contributed by atoms with Crippen LogP contribution in [0.5, 0.6) is 0 Å². The van der Waals surface area contributed by atoms with Crippen LogP contribution in [0.25, 0.3) is 16.9 Å². The zero-order chi connectivity index (χ0) is 17.6. The average molecular weight is 339 g/mol. The van der Waals surface area contributed by atoms with E-state index in [1.54, 1.807) is 20.2 Å². The van der Waals surface area contributed by atoms with Crippen molar-refractivity contribution < 1.29 is 22.7 Å². The van der Waals surface area contributed by atoms with Crippen molar-refractivity contribution in [3.63, 3.8) is 0 Å². The van der Waals surface area contributed by atoms with Crippen LogP contribution in [0.1, 0.15) is 21.7 Å². The van der Waals surface area contributed by atoms with Crippen LogP contribution in [0.3, 0.4) is 0 Å². The fraction of sp³-hybridized carbons (Fsp3) is 0.286. The van der Waals surface area contributed by atoms with Crippen LogP contribution in [0.4, 0.5) is 13.2 Å². The van der Waals surface area contributed by atoms with Gasteiger partial charge in [-0.25, -0.2) is 14.3 Å². The lowest BCUT2D eigenvalue weighted by Crippen LogP contribution is -2.14. The third kappa shape index (κ3) is 2.49. The van der Waals surface area contributed by atoms with E-state index in [2.05, 4.69) is 19.9 Å². The van der Waals surface area contributed by atoms with Gasteiger partial charge in [-0.1, -0.05) is 0 Å². The summed E-state index contributed by atoms with van der Waals surface area (Å²) in [5, 5.41) is 7.73. The van der Waals surface area contributed by atoms with Crippen LogP contribution in [-0.4, -0.2) is 37.5 Å². The predicted molar refractivity (Wildman–Crippen MR) is 76.3 cm³/mol. The van der Waals surface area contributed by atoms with Crippen LogP contribution < -0.4 is 0 Å². The van der Waals surface area contributed by atoms with Crippen molar-refractivity contribution >= 4 is 11.6 Å². The Morgan fingerprint density at radius 1 is 1.33 bits per heavy atom. The zero-order valence-corrected chi connectivity index (χ0v) is 12.9. The predicted octanol–water partition coefficient (Wildman–Crippen LogP) is 2.24. The highest BCUT2D eigenvalue weighted by Crippen LogP contribution is 2.33. The van der Waals surface area contributed by atoms with Crippen molar-refractivity contribution in [1.82, 2.24) is 24.4 Å². The van der Waals surface area contributed by atoms with E-state index < -0.39 is 17.8 Å². The monoisotopic (exact) mass is 339 g/mol.